The standard InChI is InChI=1S/C7H3F5.CH2O3/c1-2-3(8)5(10)7(12)6(11)4(2)9;2-1(3)4/h1H3;(H2,2,3,4). The quantitative estimate of drug-likeness (QED) is 0.419. The Hall–Kier alpha value is -1.86. The third-order valence-corrected chi connectivity index (χ3v) is 1.43. The van der Waals surface area contributed by atoms with Crippen LogP contribution in [0.5, 0.6) is 0 Å². The van der Waals surface area contributed by atoms with Crippen molar-refractivity contribution >= 4 is 6.16 Å². The molecule has 8 heteroatoms. The molecular formula is C8H5F5O3. The van der Waals surface area contributed by atoms with Crippen LogP contribution in [0.25, 0.3) is 0 Å². The average molecular weight is 244 g/mol. The van der Waals surface area contributed by atoms with Gasteiger partial charge in [0.15, 0.2) is 23.3 Å². The molecule has 0 fully saturated rings. The van der Waals surface area contributed by atoms with Crippen molar-refractivity contribution < 1.29 is 37.0 Å². The summed E-state index contributed by atoms with van der Waals surface area (Å²) in [5.74, 6) is -9.52. The van der Waals surface area contributed by atoms with Crippen molar-refractivity contribution in [3.8, 4) is 0 Å². The fourth-order valence-electron chi connectivity index (χ4n) is 0.715. The summed E-state index contributed by atoms with van der Waals surface area (Å²) in [4.78, 5) is 8.56. The van der Waals surface area contributed by atoms with Crippen LogP contribution in [0.1, 0.15) is 5.56 Å². The number of rotatable bonds is 0. The summed E-state index contributed by atoms with van der Waals surface area (Å²) < 4.78 is 61.6. The molecule has 90 valence electrons. The van der Waals surface area contributed by atoms with Crippen molar-refractivity contribution in [1.82, 2.24) is 0 Å². The Labute approximate surface area is 85.7 Å². The molecule has 0 radical (unpaired) electrons. The molecule has 16 heavy (non-hydrogen) atoms. The van der Waals surface area contributed by atoms with Gasteiger partial charge < -0.3 is 10.2 Å². The Morgan fingerprint density at radius 3 is 1.25 bits per heavy atom. The van der Waals surface area contributed by atoms with E-state index in [4.69, 9.17) is 15.0 Å². The zero-order chi connectivity index (χ0) is 13.0. The third-order valence-electron chi connectivity index (χ3n) is 1.43. The lowest BCUT2D eigenvalue weighted by Crippen LogP contribution is -2.03. The lowest BCUT2D eigenvalue weighted by Gasteiger charge is -2.02. The number of carbonyl (C=O) groups is 1. The molecular weight excluding hydrogens is 239 g/mol. The summed E-state index contributed by atoms with van der Waals surface area (Å²) >= 11 is 0. The van der Waals surface area contributed by atoms with Crippen molar-refractivity contribution in [2.75, 3.05) is 0 Å². The fourth-order valence-corrected chi connectivity index (χ4v) is 0.715. The molecule has 0 aliphatic heterocycles. The largest absolute Gasteiger partial charge is 0.503 e. The molecule has 1 aromatic carbocycles. The second-order valence-corrected chi connectivity index (χ2v) is 2.48. The number of hydrogen-bond acceptors (Lipinski definition) is 1. The van der Waals surface area contributed by atoms with Gasteiger partial charge in [-0.25, -0.2) is 26.7 Å². The second-order valence-electron chi connectivity index (χ2n) is 2.48. The number of benzene rings is 1. The third kappa shape index (κ3) is 3.07. The molecule has 0 unspecified atom stereocenters. The zero-order valence-electron chi connectivity index (χ0n) is 7.69. The molecule has 0 aliphatic rings. The average Bonchev–Trinajstić information content (AvgIpc) is 2.20. The summed E-state index contributed by atoms with van der Waals surface area (Å²) in [5, 5.41) is 13.9. The Morgan fingerprint density at radius 1 is 0.812 bits per heavy atom. The first-order valence-electron chi connectivity index (χ1n) is 3.60. The highest BCUT2D eigenvalue weighted by molar-refractivity contribution is 5.53. The van der Waals surface area contributed by atoms with Crippen molar-refractivity contribution in [1.29, 1.82) is 0 Å². The van der Waals surface area contributed by atoms with Gasteiger partial charge in [-0.3, -0.25) is 0 Å². The van der Waals surface area contributed by atoms with Crippen LogP contribution in [0.2, 0.25) is 0 Å². The predicted molar refractivity (Wildman–Crippen MR) is 41.6 cm³/mol. The molecule has 0 aromatic heterocycles. The van der Waals surface area contributed by atoms with Crippen LogP contribution in [0.15, 0.2) is 0 Å². The van der Waals surface area contributed by atoms with Crippen LogP contribution < -0.4 is 0 Å². The van der Waals surface area contributed by atoms with E-state index in [1.54, 1.807) is 0 Å². The van der Waals surface area contributed by atoms with E-state index in [-0.39, 0.29) is 0 Å². The van der Waals surface area contributed by atoms with E-state index in [1.807, 2.05) is 0 Å². The molecule has 3 nitrogen and oxygen atoms in total. The molecule has 0 aliphatic carbocycles. The Balaban J connectivity index is 0.000000487. The fraction of sp³-hybridized carbons (Fsp3) is 0.125. The smallest absolute Gasteiger partial charge is 0.450 e. The lowest BCUT2D eigenvalue weighted by molar-refractivity contribution is 0.137. The molecule has 0 amide bonds. The van der Waals surface area contributed by atoms with Gasteiger partial charge >= 0.3 is 6.16 Å². The Morgan fingerprint density at radius 2 is 1.00 bits per heavy atom. The minimum absolute atomic E-state index is 0.816. The SMILES string of the molecule is Cc1c(F)c(F)c(F)c(F)c1F.O=C(O)O. The van der Waals surface area contributed by atoms with E-state index >= 15 is 0 Å². The monoisotopic (exact) mass is 244 g/mol. The van der Waals surface area contributed by atoms with Gasteiger partial charge in [0, 0.05) is 5.56 Å². The van der Waals surface area contributed by atoms with E-state index in [0.29, 0.717) is 0 Å². The number of halogens is 5. The van der Waals surface area contributed by atoms with E-state index in [2.05, 4.69) is 0 Å². The molecule has 0 spiro atoms. The van der Waals surface area contributed by atoms with Crippen LogP contribution >= 0.6 is 0 Å². The first kappa shape index (κ1) is 14.1. The summed E-state index contributed by atoms with van der Waals surface area (Å²) in [6, 6.07) is 0. The van der Waals surface area contributed by atoms with Gasteiger partial charge in [-0.15, -0.1) is 0 Å². The number of carboxylic acid groups (broad SMARTS) is 2. The zero-order valence-corrected chi connectivity index (χ0v) is 7.69. The minimum atomic E-state index is -2.13. The minimum Gasteiger partial charge on any atom is -0.450 e. The molecule has 2 N–H and O–H groups in total. The predicted octanol–water partition coefficient (Wildman–Crippen LogP) is 2.91. The van der Waals surface area contributed by atoms with Gasteiger partial charge in [-0.1, -0.05) is 0 Å². The Kier molecular flexibility index (Phi) is 4.67. The van der Waals surface area contributed by atoms with Gasteiger partial charge in [-0.05, 0) is 6.92 Å². The van der Waals surface area contributed by atoms with Gasteiger partial charge in [0.05, 0.1) is 0 Å². The number of hydrogen-bond donors (Lipinski definition) is 2. The molecule has 0 bridgehead atoms. The molecule has 0 atom stereocenters. The first-order valence-corrected chi connectivity index (χ1v) is 3.60. The van der Waals surface area contributed by atoms with Gasteiger partial charge in [-0.2, -0.15) is 0 Å². The summed E-state index contributed by atoms with van der Waals surface area (Å²) in [5.41, 5.74) is -0.869. The van der Waals surface area contributed by atoms with E-state index in [1.165, 1.54) is 0 Å². The summed E-state index contributed by atoms with van der Waals surface area (Å²) in [6.45, 7) is 0.816. The van der Waals surface area contributed by atoms with Crippen LogP contribution in [-0.4, -0.2) is 16.4 Å². The maximum absolute atomic E-state index is 12.4. The van der Waals surface area contributed by atoms with Gasteiger partial charge in [0.25, 0.3) is 0 Å². The maximum atomic E-state index is 12.4. The van der Waals surface area contributed by atoms with Gasteiger partial charge in [0.1, 0.15) is 0 Å². The normalized spacial score (nSPS) is 9.38. The molecule has 0 heterocycles. The van der Waals surface area contributed by atoms with Crippen LogP contribution in [0.3, 0.4) is 0 Å². The van der Waals surface area contributed by atoms with Crippen molar-refractivity contribution in [3.63, 3.8) is 0 Å². The van der Waals surface area contributed by atoms with Crippen LogP contribution in [0.4, 0.5) is 26.7 Å². The van der Waals surface area contributed by atoms with E-state index < -0.39 is 40.8 Å². The summed E-state index contributed by atoms with van der Waals surface area (Å²) in [7, 11) is 0. The summed E-state index contributed by atoms with van der Waals surface area (Å²) in [6.07, 6.45) is -1.83. The van der Waals surface area contributed by atoms with Crippen molar-refractivity contribution in [3.05, 3.63) is 34.6 Å². The van der Waals surface area contributed by atoms with Crippen molar-refractivity contribution in [2.24, 2.45) is 0 Å². The van der Waals surface area contributed by atoms with Crippen molar-refractivity contribution in [2.45, 2.75) is 6.92 Å². The topological polar surface area (TPSA) is 57.5 Å². The van der Waals surface area contributed by atoms with E-state index in [9.17, 15) is 22.0 Å². The van der Waals surface area contributed by atoms with E-state index in [0.717, 1.165) is 6.92 Å². The highest BCUT2D eigenvalue weighted by Crippen LogP contribution is 2.21. The highest BCUT2D eigenvalue weighted by Gasteiger charge is 2.22. The molecule has 1 rings (SSSR count). The van der Waals surface area contributed by atoms with Crippen LogP contribution in [0, 0.1) is 36.0 Å². The first-order chi connectivity index (χ1) is 7.20. The lowest BCUT2D eigenvalue weighted by atomic mass is 10.2. The van der Waals surface area contributed by atoms with Gasteiger partial charge in [0.2, 0.25) is 5.82 Å². The van der Waals surface area contributed by atoms with Crippen LogP contribution in [-0.2, 0) is 0 Å². The molecule has 1 aromatic rings. The highest BCUT2D eigenvalue weighted by atomic mass is 19.2. The second kappa shape index (κ2) is 5.29. The maximum Gasteiger partial charge on any atom is 0.503 e. The molecule has 0 saturated carbocycles. The Bertz CT molecular complexity index is 310. The molecule has 0 saturated heterocycles.